The van der Waals surface area contributed by atoms with Crippen molar-refractivity contribution in [1.29, 1.82) is 0 Å². The quantitative estimate of drug-likeness (QED) is 0.386. The summed E-state index contributed by atoms with van der Waals surface area (Å²) in [4.78, 5) is 0. The first-order valence-corrected chi connectivity index (χ1v) is 5.60. The van der Waals surface area contributed by atoms with Crippen LogP contribution in [0.15, 0.2) is 0 Å². The van der Waals surface area contributed by atoms with Crippen LogP contribution in [0.25, 0.3) is 0 Å². The highest BCUT2D eigenvalue weighted by atomic mass is 127. The van der Waals surface area contributed by atoms with Crippen LogP contribution in [0.2, 0.25) is 0 Å². The lowest BCUT2D eigenvalue weighted by Crippen LogP contribution is -2.56. The van der Waals surface area contributed by atoms with Gasteiger partial charge in [0, 0.05) is 9.84 Å². The van der Waals surface area contributed by atoms with Gasteiger partial charge in [0.05, 0.1) is 0 Å². The van der Waals surface area contributed by atoms with Crippen molar-refractivity contribution in [2.24, 2.45) is 5.92 Å². The van der Waals surface area contributed by atoms with E-state index in [1.807, 2.05) is 0 Å². The first-order chi connectivity index (χ1) is 6.89. The third kappa shape index (κ3) is 2.73. The lowest BCUT2D eigenvalue weighted by molar-refractivity contribution is -0.364. The van der Waals surface area contributed by atoms with Crippen molar-refractivity contribution < 1.29 is 30.7 Å². The van der Waals surface area contributed by atoms with E-state index in [1.165, 1.54) is 29.5 Å². The van der Waals surface area contributed by atoms with Gasteiger partial charge in [-0.15, -0.1) is 0 Å². The van der Waals surface area contributed by atoms with E-state index in [0.717, 1.165) is 0 Å². The summed E-state index contributed by atoms with van der Waals surface area (Å²) < 4.78 is 85.8. The fourth-order valence-electron chi connectivity index (χ4n) is 1.06. The van der Waals surface area contributed by atoms with Crippen LogP contribution in [0.1, 0.15) is 20.3 Å². The number of rotatable bonds is 4. The number of hydrogen-bond donors (Lipinski definition) is 0. The van der Waals surface area contributed by atoms with E-state index < -0.39 is 27.9 Å². The van der Waals surface area contributed by atoms with Crippen molar-refractivity contribution in [1.82, 2.24) is 0 Å². The molecule has 0 bridgehead atoms. The van der Waals surface area contributed by atoms with Gasteiger partial charge in [0.25, 0.3) is 0 Å². The predicted octanol–water partition coefficient (Wildman–Crippen LogP) is 4.67. The molecule has 8 heteroatoms. The van der Waals surface area contributed by atoms with Gasteiger partial charge in [-0.05, 0) is 6.42 Å². The molecule has 0 heterocycles. The molecule has 2 unspecified atom stereocenters. The molecule has 0 amide bonds. The maximum Gasteiger partial charge on any atom is 0.459 e. The van der Waals surface area contributed by atoms with Gasteiger partial charge in [-0.2, -0.15) is 30.7 Å². The highest BCUT2D eigenvalue weighted by molar-refractivity contribution is 14.1. The van der Waals surface area contributed by atoms with Crippen molar-refractivity contribution in [3.63, 3.8) is 0 Å². The molecule has 2 atom stereocenters. The Morgan fingerprint density at radius 2 is 1.38 bits per heavy atom. The molecule has 0 aromatic carbocycles. The normalized spacial score (nSPS) is 18.4. The van der Waals surface area contributed by atoms with Gasteiger partial charge in [-0.3, -0.25) is 0 Å². The zero-order chi connectivity index (χ0) is 13.4. The molecule has 16 heavy (non-hydrogen) atoms. The third-order valence-electron chi connectivity index (χ3n) is 2.28. The van der Waals surface area contributed by atoms with Crippen LogP contribution in [-0.4, -0.2) is 21.9 Å². The van der Waals surface area contributed by atoms with Crippen LogP contribution in [0.4, 0.5) is 30.7 Å². The summed E-state index contributed by atoms with van der Waals surface area (Å²) in [5, 5.41) is 0. The van der Waals surface area contributed by atoms with E-state index in [0.29, 0.717) is 6.92 Å². The predicted molar refractivity (Wildman–Crippen MR) is 53.2 cm³/mol. The van der Waals surface area contributed by atoms with Crippen molar-refractivity contribution >= 4 is 22.6 Å². The first kappa shape index (κ1) is 16.2. The molecule has 0 nitrogen and oxygen atoms in total. The molecule has 0 rings (SSSR count). The molecule has 0 radical (unpaired) electrons. The standard InChI is InChI=1S/C8H10F7I/c1-3-5(16)4(2)6(9,10)7(11,12)8(13,14)15/h4-5H,3H2,1-2H3. The Labute approximate surface area is 102 Å². The molecule has 0 aromatic rings. The Bertz CT molecular complexity index is 235. The van der Waals surface area contributed by atoms with E-state index in [1.54, 1.807) is 0 Å². The molecule has 0 aliphatic carbocycles. The van der Waals surface area contributed by atoms with Crippen LogP contribution in [0.5, 0.6) is 0 Å². The maximum absolute atomic E-state index is 13.1. The van der Waals surface area contributed by atoms with Crippen molar-refractivity contribution in [2.75, 3.05) is 0 Å². The second kappa shape index (κ2) is 4.85. The number of hydrogen-bond acceptors (Lipinski definition) is 0. The SMILES string of the molecule is CCC(I)C(C)C(F)(F)C(F)(F)C(F)(F)F. The first-order valence-electron chi connectivity index (χ1n) is 4.36. The monoisotopic (exact) mass is 366 g/mol. The minimum atomic E-state index is -6.24. The Kier molecular flexibility index (Phi) is 4.92. The molecular weight excluding hydrogens is 356 g/mol. The highest BCUT2D eigenvalue weighted by Gasteiger charge is 2.74. The molecule has 0 saturated carbocycles. The van der Waals surface area contributed by atoms with Gasteiger partial charge in [0.1, 0.15) is 0 Å². The Hall–Kier alpha value is 0.240. The molecule has 0 aromatic heterocycles. The topological polar surface area (TPSA) is 0 Å². The third-order valence-corrected chi connectivity index (χ3v) is 4.24. The maximum atomic E-state index is 13.1. The van der Waals surface area contributed by atoms with E-state index in [9.17, 15) is 30.7 Å². The second-order valence-electron chi connectivity index (χ2n) is 3.41. The van der Waals surface area contributed by atoms with Crippen LogP contribution in [0, 0.1) is 5.92 Å². The summed E-state index contributed by atoms with van der Waals surface area (Å²) in [6.07, 6.45) is -6.15. The van der Waals surface area contributed by atoms with Gasteiger partial charge in [-0.25, -0.2) is 0 Å². The summed E-state index contributed by atoms with van der Waals surface area (Å²) in [5.74, 6) is -13.2. The minimum Gasteiger partial charge on any atom is -0.199 e. The van der Waals surface area contributed by atoms with Crippen LogP contribution in [0.3, 0.4) is 0 Å². The van der Waals surface area contributed by atoms with E-state index >= 15 is 0 Å². The Morgan fingerprint density at radius 1 is 1.00 bits per heavy atom. The summed E-state index contributed by atoms with van der Waals surface area (Å²) >= 11 is 1.44. The number of halogens is 8. The Balaban J connectivity index is 5.19. The van der Waals surface area contributed by atoms with Gasteiger partial charge in [-0.1, -0.05) is 36.4 Å². The number of alkyl halides is 8. The van der Waals surface area contributed by atoms with Gasteiger partial charge in [0.2, 0.25) is 0 Å². The van der Waals surface area contributed by atoms with Crippen LogP contribution in [-0.2, 0) is 0 Å². The summed E-state index contributed by atoms with van der Waals surface area (Å²) in [5.41, 5.74) is 0. The molecule has 0 spiro atoms. The molecule has 98 valence electrons. The average Bonchev–Trinajstić information content (AvgIpc) is 2.13. The summed E-state index contributed by atoms with van der Waals surface area (Å²) in [7, 11) is 0. The molecule has 0 aliphatic heterocycles. The highest BCUT2D eigenvalue weighted by Crippen LogP contribution is 2.51. The van der Waals surface area contributed by atoms with E-state index in [4.69, 9.17) is 0 Å². The second-order valence-corrected chi connectivity index (χ2v) is 5.01. The molecular formula is C8H10F7I. The zero-order valence-electron chi connectivity index (χ0n) is 8.39. The Morgan fingerprint density at radius 3 is 1.62 bits per heavy atom. The molecule has 0 fully saturated rings. The van der Waals surface area contributed by atoms with Crippen molar-refractivity contribution in [2.45, 2.75) is 42.2 Å². The minimum absolute atomic E-state index is 0.0885. The fraction of sp³-hybridized carbons (Fsp3) is 1.00. The fourth-order valence-corrected chi connectivity index (χ4v) is 1.51. The van der Waals surface area contributed by atoms with E-state index in [-0.39, 0.29) is 6.42 Å². The van der Waals surface area contributed by atoms with Crippen molar-refractivity contribution in [3.8, 4) is 0 Å². The smallest absolute Gasteiger partial charge is 0.199 e. The van der Waals surface area contributed by atoms with Gasteiger partial charge in [0.15, 0.2) is 0 Å². The average molecular weight is 366 g/mol. The lowest BCUT2D eigenvalue weighted by atomic mass is 9.93. The molecule has 0 aliphatic rings. The zero-order valence-corrected chi connectivity index (χ0v) is 10.5. The lowest BCUT2D eigenvalue weighted by Gasteiger charge is -2.34. The summed E-state index contributed by atoms with van der Waals surface area (Å²) in [6.45, 7) is 2.13. The largest absolute Gasteiger partial charge is 0.459 e. The van der Waals surface area contributed by atoms with Crippen LogP contribution < -0.4 is 0 Å². The van der Waals surface area contributed by atoms with Crippen molar-refractivity contribution in [3.05, 3.63) is 0 Å². The van der Waals surface area contributed by atoms with Crippen LogP contribution >= 0.6 is 22.6 Å². The molecule has 0 saturated heterocycles. The molecule has 0 N–H and O–H groups in total. The summed E-state index contributed by atoms with van der Waals surface area (Å²) in [6, 6.07) is 0. The van der Waals surface area contributed by atoms with E-state index in [2.05, 4.69) is 0 Å². The van der Waals surface area contributed by atoms with Gasteiger partial charge >= 0.3 is 18.0 Å². The van der Waals surface area contributed by atoms with Gasteiger partial charge < -0.3 is 0 Å².